The number of hydrogen-bond acceptors (Lipinski definition) is 4. The number of tetrazole rings is 1. The minimum absolute atomic E-state index is 0.144. The van der Waals surface area contributed by atoms with E-state index in [2.05, 4.69) is 20.8 Å². The van der Waals surface area contributed by atoms with Crippen molar-refractivity contribution in [3.05, 3.63) is 71.5 Å². The van der Waals surface area contributed by atoms with Crippen molar-refractivity contribution in [1.29, 1.82) is 0 Å². The second kappa shape index (κ2) is 7.04. The second-order valence-corrected chi connectivity index (χ2v) is 5.78. The smallest absolute Gasteiger partial charge is 0.249 e. The number of aromatic nitrogens is 4. The van der Waals surface area contributed by atoms with E-state index >= 15 is 0 Å². The number of nitrogens with one attached hydrogen (secondary N) is 1. The van der Waals surface area contributed by atoms with Gasteiger partial charge in [0, 0.05) is 12.1 Å². The van der Waals surface area contributed by atoms with Gasteiger partial charge in [0.1, 0.15) is 12.4 Å². The highest BCUT2D eigenvalue weighted by Gasteiger charge is 2.22. The molecule has 1 heterocycles. The lowest BCUT2D eigenvalue weighted by Gasteiger charge is -2.17. The zero-order chi connectivity index (χ0) is 16.9. The summed E-state index contributed by atoms with van der Waals surface area (Å²) >= 11 is 0. The predicted molar refractivity (Wildman–Crippen MR) is 91.5 cm³/mol. The maximum absolute atomic E-state index is 12.8. The fourth-order valence-electron chi connectivity index (χ4n) is 2.50. The fraction of sp³-hybridized carbons (Fsp3) is 0.222. The first-order chi connectivity index (χ1) is 11.6. The van der Waals surface area contributed by atoms with E-state index in [4.69, 9.17) is 0 Å². The van der Waals surface area contributed by atoms with Gasteiger partial charge in [-0.15, -0.1) is 5.10 Å². The standard InChI is InChI=1S/C18H19N5O/c1-13-8-9-16(10-14(13)2)20-18(24)17(23-12-19-21-22-23)11-15-6-4-3-5-7-15/h3-10,12,17H,11H2,1-2H3,(H,20,24)/t17-/m1/s1. The molecule has 0 bridgehead atoms. The quantitative estimate of drug-likeness (QED) is 0.784. The van der Waals surface area contributed by atoms with Crippen molar-refractivity contribution < 1.29 is 4.79 Å². The molecule has 1 amide bonds. The summed E-state index contributed by atoms with van der Waals surface area (Å²) in [5.41, 5.74) is 4.15. The van der Waals surface area contributed by atoms with Crippen molar-refractivity contribution in [2.24, 2.45) is 0 Å². The molecule has 0 saturated carbocycles. The largest absolute Gasteiger partial charge is 0.324 e. The molecule has 0 aliphatic heterocycles. The first-order valence-corrected chi connectivity index (χ1v) is 7.78. The van der Waals surface area contributed by atoms with Crippen LogP contribution in [-0.4, -0.2) is 26.1 Å². The van der Waals surface area contributed by atoms with E-state index < -0.39 is 6.04 Å². The van der Waals surface area contributed by atoms with Crippen molar-refractivity contribution >= 4 is 11.6 Å². The highest BCUT2D eigenvalue weighted by molar-refractivity contribution is 5.93. The highest BCUT2D eigenvalue weighted by atomic mass is 16.2. The van der Waals surface area contributed by atoms with Crippen LogP contribution in [0, 0.1) is 13.8 Å². The highest BCUT2D eigenvalue weighted by Crippen LogP contribution is 2.18. The van der Waals surface area contributed by atoms with Gasteiger partial charge in [0.25, 0.3) is 0 Å². The summed E-state index contributed by atoms with van der Waals surface area (Å²) in [6.07, 6.45) is 1.98. The normalized spacial score (nSPS) is 11.9. The van der Waals surface area contributed by atoms with E-state index in [-0.39, 0.29) is 5.91 Å². The lowest BCUT2D eigenvalue weighted by Crippen LogP contribution is -2.28. The molecule has 24 heavy (non-hydrogen) atoms. The van der Waals surface area contributed by atoms with Crippen molar-refractivity contribution in [3.63, 3.8) is 0 Å². The minimum Gasteiger partial charge on any atom is -0.324 e. The third-order valence-corrected chi connectivity index (χ3v) is 4.03. The molecule has 0 spiro atoms. The van der Waals surface area contributed by atoms with E-state index in [0.717, 1.165) is 16.8 Å². The van der Waals surface area contributed by atoms with E-state index in [9.17, 15) is 4.79 Å². The predicted octanol–water partition coefficient (Wildman–Crippen LogP) is 2.71. The summed E-state index contributed by atoms with van der Waals surface area (Å²) < 4.78 is 1.49. The molecule has 0 aliphatic carbocycles. The fourth-order valence-corrected chi connectivity index (χ4v) is 2.50. The number of hydrogen-bond donors (Lipinski definition) is 1. The molecule has 0 unspecified atom stereocenters. The molecular formula is C18H19N5O. The molecule has 0 fully saturated rings. The molecule has 6 nitrogen and oxygen atoms in total. The Hall–Kier alpha value is -3.02. The van der Waals surface area contributed by atoms with Gasteiger partial charge in [-0.05, 0) is 53.1 Å². The van der Waals surface area contributed by atoms with E-state index in [1.807, 2.05) is 62.4 Å². The zero-order valence-electron chi connectivity index (χ0n) is 13.7. The number of amides is 1. The van der Waals surface area contributed by atoms with Gasteiger partial charge in [0.05, 0.1) is 0 Å². The molecule has 122 valence electrons. The SMILES string of the molecule is Cc1ccc(NC(=O)[C@@H](Cc2ccccc2)n2cnnn2)cc1C. The molecule has 0 radical (unpaired) electrons. The van der Waals surface area contributed by atoms with E-state index in [1.165, 1.54) is 16.6 Å². The molecule has 2 aromatic carbocycles. The second-order valence-electron chi connectivity index (χ2n) is 5.78. The molecule has 1 N–H and O–H groups in total. The Balaban J connectivity index is 1.82. The van der Waals surface area contributed by atoms with Crippen LogP contribution in [0.4, 0.5) is 5.69 Å². The Kier molecular flexibility index (Phi) is 4.65. The average Bonchev–Trinajstić information content (AvgIpc) is 3.11. The van der Waals surface area contributed by atoms with Crippen LogP contribution in [0.5, 0.6) is 0 Å². The summed E-state index contributed by atoms with van der Waals surface area (Å²) in [6.45, 7) is 4.06. The Labute approximate surface area is 140 Å². The maximum Gasteiger partial charge on any atom is 0.249 e. The molecule has 1 aromatic heterocycles. The van der Waals surface area contributed by atoms with Crippen LogP contribution in [0.2, 0.25) is 0 Å². The monoisotopic (exact) mass is 321 g/mol. The van der Waals surface area contributed by atoms with Gasteiger partial charge in [-0.2, -0.15) is 0 Å². The topological polar surface area (TPSA) is 72.7 Å². The van der Waals surface area contributed by atoms with Crippen LogP contribution in [0.25, 0.3) is 0 Å². The molecular weight excluding hydrogens is 302 g/mol. The van der Waals surface area contributed by atoms with Crippen molar-refractivity contribution in [1.82, 2.24) is 20.2 Å². The van der Waals surface area contributed by atoms with Crippen molar-refractivity contribution in [2.45, 2.75) is 26.3 Å². The first kappa shape index (κ1) is 15.9. The molecule has 0 aliphatic rings. The van der Waals surface area contributed by atoms with Gasteiger partial charge in [-0.1, -0.05) is 36.4 Å². The first-order valence-electron chi connectivity index (χ1n) is 7.78. The van der Waals surface area contributed by atoms with Crippen LogP contribution >= 0.6 is 0 Å². The zero-order valence-corrected chi connectivity index (χ0v) is 13.7. The van der Waals surface area contributed by atoms with Crippen molar-refractivity contribution in [3.8, 4) is 0 Å². The van der Waals surface area contributed by atoms with Crippen LogP contribution < -0.4 is 5.32 Å². The summed E-state index contributed by atoms with van der Waals surface area (Å²) in [5, 5.41) is 14.2. The van der Waals surface area contributed by atoms with Gasteiger partial charge in [-0.3, -0.25) is 4.79 Å². The van der Waals surface area contributed by atoms with Gasteiger partial charge >= 0.3 is 0 Å². The van der Waals surface area contributed by atoms with Crippen LogP contribution in [-0.2, 0) is 11.2 Å². The summed E-state index contributed by atoms with van der Waals surface area (Å²) in [4.78, 5) is 12.8. The lowest BCUT2D eigenvalue weighted by molar-refractivity contribution is -0.119. The number of carbonyl (C=O) groups is 1. The number of benzene rings is 2. The third-order valence-electron chi connectivity index (χ3n) is 4.03. The summed E-state index contributed by atoms with van der Waals surface area (Å²) in [5.74, 6) is -0.144. The molecule has 6 heteroatoms. The Bertz CT molecular complexity index is 815. The third kappa shape index (κ3) is 3.65. The average molecular weight is 321 g/mol. The summed E-state index contributed by atoms with van der Waals surface area (Å²) in [7, 11) is 0. The lowest BCUT2D eigenvalue weighted by atomic mass is 10.0. The Morgan fingerprint density at radius 3 is 2.58 bits per heavy atom. The van der Waals surface area contributed by atoms with Gasteiger partial charge in [0.15, 0.2) is 0 Å². The molecule has 0 saturated heterocycles. The number of anilines is 1. The van der Waals surface area contributed by atoms with Gasteiger partial charge in [0.2, 0.25) is 5.91 Å². The number of nitrogens with zero attached hydrogens (tertiary/aromatic N) is 4. The number of rotatable bonds is 5. The molecule has 1 atom stereocenters. The summed E-state index contributed by atoms with van der Waals surface area (Å²) in [6, 6.07) is 15.2. The Morgan fingerprint density at radius 2 is 1.92 bits per heavy atom. The minimum atomic E-state index is -0.510. The maximum atomic E-state index is 12.8. The van der Waals surface area contributed by atoms with E-state index in [0.29, 0.717) is 6.42 Å². The van der Waals surface area contributed by atoms with Crippen LogP contribution in [0.15, 0.2) is 54.9 Å². The Morgan fingerprint density at radius 1 is 1.12 bits per heavy atom. The number of aryl methyl sites for hydroxylation is 2. The van der Waals surface area contributed by atoms with Crippen LogP contribution in [0.1, 0.15) is 22.7 Å². The molecule has 3 rings (SSSR count). The van der Waals surface area contributed by atoms with Gasteiger partial charge < -0.3 is 5.32 Å². The molecule has 3 aromatic rings. The number of carbonyl (C=O) groups excluding carboxylic acids is 1. The van der Waals surface area contributed by atoms with Crippen molar-refractivity contribution in [2.75, 3.05) is 5.32 Å². The van der Waals surface area contributed by atoms with E-state index in [1.54, 1.807) is 0 Å². The van der Waals surface area contributed by atoms with Crippen LogP contribution in [0.3, 0.4) is 0 Å². The van der Waals surface area contributed by atoms with Gasteiger partial charge in [-0.25, -0.2) is 4.68 Å².